The number of ketones is 4. The van der Waals surface area contributed by atoms with Gasteiger partial charge in [-0.2, -0.15) is 0 Å². The Morgan fingerprint density at radius 3 is 1.30 bits per heavy atom. The molecule has 0 N–H and O–H groups in total. The molecular formula is C27H7Cl8NO4. The van der Waals surface area contributed by atoms with E-state index in [4.69, 9.17) is 92.8 Å². The van der Waals surface area contributed by atoms with Crippen molar-refractivity contribution in [3.8, 4) is 0 Å². The Morgan fingerprint density at radius 2 is 0.875 bits per heavy atom. The van der Waals surface area contributed by atoms with Crippen molar-refractivity contribution in [2.24, 2.45) is 0 Å². The zero-order valence-electron chi connectivity index (χ0n) is 19.1. The van der Waals surface area contributed by atoms with E-state index in [1.807, 2.05) is 0 Å². The SMILES string of the molecule is O=C1c2c(Cl)c(Cl)c(Cl)c(Cl)c2C(=O)C1c1ccc2cccc(C3C(=O)c4c(Cl)c(Cl)c(Cl)c(Cl)c4C3=O)c2n1. The van der Waals surface area contributed by atoms with Crippen molar-refractivity contribution < 1.29 is 19.2 Å². The molecular weight excluding hydrogens is 686 g/mol. The predicted molar refractivity (Wildman–Crippen MR) is 158 cm³/mol. The first-order valence-corrected chi connectivity index (χ1v) is 14.2. The Morgan fingerprint density at radius 1 is 0.475 bits per heavy atom. The lowest BCUT2D eigenvalue weighted by Gasteiger charge is -2.13. The Balaban J connectivity index is 1.52. The lowest BCUT2D eigenvalue weighted by atomic mass is 9.91. The van der Waals surface area contributed by atoms with Gasteiger partial charge in [-0.25, -0.2) is 0 Å². The molecule has 4 aromatic rings. The highest BCUT2D eigenvalue weighted by Crippen LogP contribution is 2.50. The van der Waals surface area contributed by atoms with Gasteiger partial charge in [-0.1, -0.05) is 117 Å². The molecule has 0 atom stereocenters. The summed E-state index contributed by atoms with van der Waals surface area (Å²) in [5, 5.41) is -0.845. The molecule has 1 heterocycles. The van der Waals surface area contributed by atoms with Crippen LogP contribution in [0.5, 0.6) is 0 Å². The Labute approximate surface area is 265 Å². The minimum atomic E-state index is -1.41. The summed E-state index contributed by atoms with van der Waals surface area (Å²) in [6.07, 6.45) is 0. The first kappa shape index (κ1) is 28.2. The van der Waals surface area contributed by atoms with Gasteiger partial charge in [0.25, 0.3) is 0 Å². The van der Waals surface area contributed by atoms with Crippen LogP contribution in [0, 0.1) is 0 Å². The molecule has 5 nitrogen and oxygen atoms in total. The second kappa shape index (κ2) is 9.82. The van der Waals surface area contributed by atoms with Crippen LogP contribution >= 0.6 is 92.8 Å². The van der Waals surface area contributed by atoms with Crippen LogP contribution in [0.4, 0.5) is 0 Å². The van der Waals surface area contributed by atoms with Crippen molar-refractivity contribution in [3.05, 3.63) is 104 Å². The monoisotopic (exact) mass is 689 g/mol. The summed E-state index contributed by atoms with van der Waals surface area (Å²) in [5.74, 6) is -5.41. The van der Waals surface area contributed by atoms with E-state index in [1.54, 1.807) is 18.2 Å². The van der Waals surface area contributed by atoms with Crippen molar-refractivity contribution in [3.63, 3.8) is 0 Å². The normalized spacial score (nSPS) is 15.5. The fourth-order valence-electron chi connectivity index (χ4n) is 5.13. The maximum atomic E-state index is 13.6. The molecule has 0 bridgehead atoms. The molecule has 13 heteroatoms. The first-order valence-electron chi connectivity index (χ1n) is 11.2. The van der Waals surface area contributed by atoms with Crippen molar-refractivity contribution >= 4 is 127 Å². The van der Waals surface area contributed by atoms with Crippen LogP contribution in [-0.2, 0) is 0 Å². The molecule has 200 valence electrons. The number of para-hydroxylation sites is 1. The number of halogens is 8. The molecule has 1 aromatic heterocycles. The van der Waals surface area contributed by atoms with E-state index in [1.165, 1.54) is 12.1 Å². The van der Waals surface area contributed by atoms with E-state index in [2.05, 4.69) is 4.98 Å². The maximum Gasteiger partial charge on any atom is 0.182 e. The molecule has 0 amide bonds. The van der Waals surface area contributed by atoms with Gasteiger partial charge in [0.15, 0.2) is 23.1 Å². The van der Waals surface area contributed by atoms with Gasteiger partial charge in [0.1, 0.15) is 11.8 Å². The van der Waals surface area contributed by atoms with Crippen molar-refractivity contribution in [1.29, 1.82) is 0 Å². The first-order chi connectivity index (χ1) is 18.9. The number of benzene rings is 3. The van der Waals surface area contributed by atoms with E-state index in [9.17, 15) is 19.2 Å². The summed E-state index contributed by atoms with van der Waals surface area (Å²) in [4.78, 5) is 58.6. The molecule has 40 heavy (non-hydrogen) atoms. The average molecular weight is 693 g/mol. The maximum absolute atomic E-state index is 13.6. The van der Waals surface area contributed by atoms with Gasteiger partial charge in [-0.3, -0.25) is 24.2 Å². The summed E-state index contributed by atoms with van der Waals surface area (Å²) in [7, 11) is 0. The van der Waals surface area contributed by atoms with Gasteiger partial charge in [0, 0.05) is 5.39 Å². The summed E-state index contributed by atoms with van der Waals surface area (Å²) in [6, 6.07) is 7.97. The van der Waals surface area contributed by atoms with Crippen molar-refractivity contribution in [1.82, 2.24) is 4.98 Å². The smallest absolute Gasteiger partial charge is 0.182 e. The predicted octanol–water partition coefficient (Wildman–Crippen LogP) is 9.79. The largest absolute Gasteiger partial charge is 0.293 e. The van der Waals surface area contributed by atoms with Crippen molar-refractivity contribution in [2.75, 3.05) is 0 Å². The summed E-state index contributed by atoms with van der Waals surface area (Å²) < 4.78 is 0. The minimum absolute atomic E-state index is 0.0445. The third-order valence-electron chi connectivity index (χ3n) is 6.95. The number of Topliss-reactive ketones (excluding diaryl/α,β-unsaturated/α-hetero) is 4. The second-order valence-electron chi connectivity index (χ2n) is 8.99. The molecule has 0 saturated heterocycles. The highest BCUT2D eigenvalue weighted by Gasteiger charge is 2.47. The van der Waals surface area contributed by atoms with Gasteiger partial charge < -0.3 is 0 Å². The number of carbonyl (C=O) groups is 4. The van der Waals surface area contributed by atoms with E-state index >= 15 is 0 Å². The zero-order chi connectivity index (χ0) is 28.9. The van der Waals surface area contributed by atoms with E-state index in [-0.39, 0.29) is 79.2 Å². The van der Waals surface area contributed by atoms with Crippen LogP contribution in [0.15, 0.2) is 30.3 Å². The molecule has 0 fully saturated rings. The molecule has 2 aliphatic rings. The highest BCUT2D eigenvalue weighted by molar-refractivity contribution is 6.57. The summed E-state index contributed by atoms with van der Waals surface area (Å²) in [5.41, 5.74) is -0.126. The van der Waals surface area contributed by atoms with Crippen LogP contribution in [0.2, 0.25) is 40.2 Å². The number of hydrogen-bond acceptors (Lipinski definition) is 5. The van der Waals surface area contributed by atoms with Crippen LogP contribution < -0.4 is 0 Å². The van der Waals surface area contributed by atoms with Gasteiger partial charge in [-0.05, 0) is 11.6 Å². The lowest BCUT2D eigenvalue weighted by molar-refractivity contribution is 0.0872. The van der Waals surface area contributed by atoms with Crippen LogP contribution in [-0.4, -0.2) is 28.1 Å². The van der Waals surface area contributed by atoms with Gasteiger partial charge in [-0.15, -0.1) is 0 Å². The van der Waals surface area contributed by atoms with Crippen molar-refractivity contribution in [2.45, 2.75) is 11.8 Å². The molecule has 3 aromatic carbocycles. The third kappa shape index (κ3) is 3.73. The number of hydrogen-bond donors (Lipinski definition) is 0. The molecule has 0 aliphatic heterocycles. The van der Waals surface area contributed by atoms with Crippen LogP contribution in [0.25, 0.3) is 10.9 Å². The number of fused-ring (bicyclic) bond motifs is 3. The molecule has 0 radical (unpaired) electrons. The fraction of sp³-hybridized carbons (Fsp3) is 0.0741. The molecule has 2 aliphatic carbocycles. The fourth-order valence-corrected chi connectivity index (χ4v) is 7.21. The van der Waals surface area contributed by atoms with Gasteiger partial charge >= 0.3 is 0 Å². The Bertz CT molecular complexity index is 1840. The Hall–Kier alpha value is -1.93. The minimum Gasteiger partial charge on any atom is -0.293 e. The third-order valence-corrected chi connectivity index (χ3v) is 10.6. The number of aromatic nitrogens is 1. The summed E-state index contributed by atoms with van der Waals surface area (Å²) >= 11 is 49.7. The number of nitrogens with zero attached hydrogens (tertiary/aromatic N) is 1. The standard InChI is InChI=1S/C27H7Cl8NO4/c28-15-11-12(16(29)20(33)19(15)32)25(38)9(24(11)37)7-3-1-2-6-4-5-8(36-23(6)7)10-26(39)13-14(27(10)40)18(31)22(35)21(34)17(13)30/h1-5,9-10H. The molecule has 6 rings (SSSR count). The number of rotatable bonds is 2. The zero-order valence-corrected chi connectivity index (χ0v) is 25.2. The van der Waals surface area contributed by atoms with Crippen LogP contribution in [0.3, 0.4) is 0 Å². The molecule has 0 unspecified atom stereocenters. The van der Waals surface area contributed by atoms with Gasteiger partial charge in [0.05, 0.1) is 73.6 Å². The second-order valence-corrected chi connectivity index (χ2v) is 12.0. The number of carbonyl (C=O) groups excluding carboxylic acids is 4. The lowest BCUT2D eigenvalue weighted by Crippen LogP contribution is -2.16. The Kier molecular flexibility index (Phi) is 6.93. The van der Waals surface area contributed by atoms with Crippen LogP contribution in [0.1, 0.15) is 64.5 Å². The number of pyridine rings is 1. The highest BCUT2D eigenvalue weighted by atomic mass is 35.5. The molecule has 0 saturated carbocycles. The van der Waals surface area contributed by atoms with Gasteiger partial charge in [0.2, 0.25) is 0 Å². The topological polar surface area (TPSA) is 81.2 Å². The average Bonchev–Trinajstić information content (AvgIpc) is 3.35. The molecule has 0 spiro atoms. The van der Waals surface area contributed by atoms with E-state index in [0.717, 1.165) is 0 Å². The quantitative estimate of drug-likeness (QED) is 0.119. The summed E-state index contributed by atoms with van der Waals surface area (Å²) in [6.45, 7) is 0. The van der Waals surface area contributed by atoms with E-state index in [0.29, 0.717) is 5.39 Å². The van der Waals surface area contributed by atoms with E-state index < -0.39 is 35.0 Å².